The fraction of sp³-hybridized carbons (Fsp3) is 0.250. The van der Waals surface area contributed by atoms with Gasteiger partial charge in [0, 0.05) is 24.0 Å². The molecule has 34 heavy (non-hydrogen) atoms. The van der Waals surface area contributed by atoms with Crippen molar-refractivity contribution in [3.8, 4) is 11.7 Å². The Kier molecular flexibility index (Phi) is 6.02. The minimum atomic E-state index is -4.62. The van der Waals surface area contributed by atoms with Crippen molar-refractivity contribution >= 4 is 27.5 Å². The zero-order valence-corrected chi connectivity index (χ0v) is 18.6. The molecule has 0 spiro atoms. The van der Waals surface area contributed by atoms with E-state index in [-0.39, 0.29) is 24.5 Å². The van der Waals surface area contributed by atoms with Crippen LogP contribution in [0.3, 0.4) is 0 Å². The lowest BCUT2D eigenvalue weighted by molar-refractivity contribution is -0.194. The van der Waals surface area contributed by atoms with Gasteiger partial charge in [0.1, 0.15) is 22.7 Å². The number of pyridine rings is 1. The van der Waals surface area contributed by atoms with E-state index in [9.17, 15) is 30.8 Å². The highest BCUT2D eigenvalue weighted by Crippen LogP contribution is 2.57. The number of aromatic nitrogens is 3. The number of nitrogens with zero attached hydrogens (tertiary/aromatic N) is 3. The molecule has 1 fully saturated rings. The number of ether oxygens (including phenoxy) is 1. The predicted molar refractivity (Wildman–Crippen MR) is 110 cm³/mol. The van der Waals surface area contributed by atoms with Crippen molar-refractivity contribution in [2.24, 2.45) is 5.41 Å². The van der Waals surface area contributed by atoms with Crippen molar-refractivity contribution in [3.05, 3.63) is 60.0 Å². The van der Waals surface area contributed by atoms with Gasteiger partial charge in [-0.1, -0.05) is 12.1 Å². The first kappa shape index (κ1) is 24.0. The molecule has 180 valence electrons. The summed E-state index contributed by atoms with van der Waals surface area (Å²) in [5.41, 5.74) is -2.35. The summed E-state index contributed by atoms with van der Waals surface area (Å²) in [7, 11) is -4.62. The molecule has 1 amide bonds. The number of amides is 1. The van der Waals surface area contributed by atoms with Gasteiger partial charge in [0.15, 0.2) is 10.8 Å². The van der Waals surface area contributed by atoms with Gasteiger partial charge in [-0.2, -0.15) is 13.2 Å². The van der Waals surface area contributed by atoms with E-state index < -0.39 is 55.2 Å². The monoisotopic (exact) mass is 518 g/mol. The molecular weight excluding hydrogens is 504 g/mol. The summed E-state index contributed by atoms with van der Waals surface area (Å²) in [6, 6.07) is 8.14. The van der Waals surface area contributed by atoms with Crippen molar-refractivity contribution in [2.45, 2.75) is 28.9 Å². The van der Waals surface area contributed by atoms with Crippen molar-refractivity contribution in [2.75, 3.05) is 6.61 Å². The Morgan fingerprint density at radius 3 is 2.50 bits per heavy atom. The standard InChI is InChI=1S/C20H15ClF4N4O4S/c21-27-17(30)12-5-6-15(26-18(12)34(31,32)14-4-2-1-3-13(14)22)29-10-7-16(28-29)33-11-19(8-9-19)20(23,24)25/h1-7,10H,8-9,11H2,(H,27,30). The van der Waals surface area contributed by atoms with Crippen molar-refractivity contribution in [3.63, 3.8) is 0 Å². The van der Waals surface area contributed by atoms with Crippen LogP contribution in [0.2, 0.25) is 0 Å². The zero-order chi connectivity index (χ0) is 24.7. The van der Waals surface area contributed by atoms with Gasteiger partial charge in [0.25, 0.3) is 5.91 Å². The highest BCUT2D eigenvalue weighted by atomic mass is 35.5. The Morgan fingerprint density at radius 1 is 1.18 bits per heavy atom. The lowest BCUT2D eigenvalue weighted by Crippen LogP contribution is -2.30. The Morgan fingerprint density at radius 2 is 1.88 bits per heavy atom. The summed E-state index contributed by atoms with van der Waals surface area (Å²) < 4.78 is 86.0. The SMILES string of the molecule is O=C(NCl)c1ccc(-n2ccc(OCC3(C(F)(F)F)CC3)n2)nc1S(=O)(=O)c1ccccc1F. The molecule has 0 unspecified atom stereocenters. The third-order valence-corrected chi connectivity index (χ3v) is 7.21. The summed E-state index contributed by atoms with van der Waals surface area (Å²) in [5.74, 6) is -2.31. The third kappa shape index (κ3) is 4.32. The van der Waals surface area contributed by atoms with Crippen LogP contribution in [0.15, 0.2) is 58.6 Å². The van der Waals surface area contributed by atoms with Gasteiger partial charge in [-0.25, -0.2) is 22.5 Å². The van der Waals surface area contributed by atoms with Crippen LogP contribution >= 0.6 is 11.8 Å². The number of carbonyl (C=O) groups is 1. The average molecular weight is 519 g/mol. The Balaban J connectivity index is 1.69. The Hall–Kier alpha value is -3.19. The topological polar surface area (TPSA) is 103 Å². The summed E-state index contributed by atoms with van der Waals surface area (Å²) in [6.45, 7) is -0.608. The Labute approximate surface area is 195 Å². The van der Waals surface area contributed by atoms with E-state index in [1.165, 1.54) is 30.5 Å². The number of hydrogen-bond acceptors (Lipinski definition) is 6. The number of alkyl halides is 3. The molecule has 1 aliphatic carbocycles. The summed E-state index contributed by atoms with van der Waals surface area (Å²) in [4.78, 5) is 17.2. The number of sulfone groups is 1. The molecule has 8 nitrogen and oxygen atoms in total. The normalized spacial score (nSPS) is 15.1. The van der Waals surface area contributed by atoms with Gasteiger partial charge in [-0.05, 0) is 37.1 Å². The van der Waals surface area contributed by atoms with Gasteiger partial charge in [-0.3, -0.25) is 9.63 Å². The van der Waals surface area contributed by atoms with Gasteiger partial charge < -0.3 is 4.74 Å². The van der Waals surface area contributed by atoms with E-state index in [1.807, 2.05) is 0 Å². The Bertz CT molecular complexity index is 1360. The van der Waals surface area contributed by atoms with Crippen molar-refractivity contribution in [1.29, 1.82) is 0 Å². The van der Waals surface area contributed by atoms with Crippen LogP contribution in [0, 0.1) is 11.2 Å². The molecule has 0 aliphatic heterocycles. The van der Waals surface area contributed by atoms with E-state index in [0.717, 1.165) is 22.9 Å². The molecule has 1 saturated carbocycles. The molecule has 1 aliphatic rings. The minimum absolute atomic E-state index is 0.0415. The second-order valence-electron chi connectivity index (χ2n) is 7.54. The molecule has 2 heterocycles. The second kappa shape index (κ2) is 8.55. The van der Waals surface area contributed by atoms with Crippen LogP contribution < -0.4 is 9.57 Å². The van der Waals surface area contributed by atoms with Crippen LogP contribution in [0.5, 0.6) is 5.88 Å². The van der Waals surface area contributed by atoms with Crippen LogP contribution in [-0.2, 0) is 9.84 Å². The first-order chi connectivity index (χ1) is 16.0. The highest BCUT2D eigenvalue weighted by Gasteiger charge is 2.64. The molecule has 0 atom stereocenters. The predicted octanol–water partition coefficient (Wildman–Crippen LogP) is 3.84. The number of hydrogen-bond donors (Lipinski definition) is 1. The molecule has 0 radical (unpaired) electrons. The first-order valence-corrected chi connectivity index (χ1v) is 11.5. The van der Waals surface area contributed by atoms with Crippen LogP contribution in [0.4, 0.5) is 17.6 Å². The molecular formula is C20H15ClF4N4O4S. The summed E-state index contributed by atoms with van der Waals surface area (Å²) in [5, 5.41) is 3.18. The number of rotatable bonds is 7. The van der Waals surface area contributed by atoms with E-state index in [4.69, 9.17) is 16.5 Å². The highest BCUT2D eigenvalue weighted by molar-refractivity contribution is 7.91. The van der Waals surface area contributed by atoms with Crippen LogP contribution in [-0.4, -0.2) is 41.9 Å². The molecule has 1 N–H and O–H groups in total. The first-order valence-electron chi connectivity index (χ1n) is 9.66. The maximum atomic E-state index is 14.2. The second-order valence-corrected chi connectivity index (χ2v) is 9.57. The fourth-order valence-corrected chi connectivity index (χ4v) is 4.69. The number of nitrogens with one attached hydrogen (secondary N) is 1. The smallest absolute Gasteiger partial charge is 0.397 e. The maximum Gasteiger partial charge on any atom is 0.397 e. The zero-order valence-electron chi connectivity index (χ0n) is 17.0. The van der Waals surface area contributed by atoms with Gasteiger partial charge in [0.2, 0.25) is 15.7 Å². The van der Waals surface area contributed by atoms with E-state index in [2.05, 4.69) is 10.1 Å². The largest absolute Gasteiger partial charge is 0.476 e. The molecule has 3 aromatic rings. The molecule has 0 bridgehead atoms. The average Bonchev–Trinajstić information content (AvgIpc) is 3.47. The quantitative estimate of drug-likeness (QED) is 0.376. The number of carbonyl (C=O) groups excluding carboxylic acids is 1. The number of halogens is 5. The summed E-state index contributed by atoms with van der Waals surface area (Å²) in [6.07, 6.45) is -3.20. The lowest BCUT2D eigenvalue weighted by atomic mass is 10.1. The maximum absolute atomic E-state index is 14.2. The van der Waals surface area contributed by atoms with Gasteiger partial charge >= 0.3 is 6.18 Å². The van der Waals surface area contributed by atoms with E-state index in [1.54, 1.807) is 4.84 Å². The lowest BCUT2D eigenvalue weighted by Gasteiger charge is -2.18. The van der Waals surface area contributed by atoms with Gasteiger partial charge in [-0.15, -0.1) is 5.10 Å². The fourth-order valence-electron chi connectivity index (χ4n) is 3.14. The van der Waals surface area contributed by atoms with E-state index in [0.29, 0.717) is 0 Å². The molecule has 1 aromatic carbocycles. The van der Waals surface area contributed by atoms with E-state index >= 15 is 0 Å². The van der Waals surface area contributed by atoms with Gasteiger partial charge in [0.05, 0.1) is 5.56 Å². The molecule has 14 heteroatoms. The van der Waals surface area contributed by atoms with Crippen LogP contribution in [0.1, 0.15) is 23.2 Å². The molecule has 2 aromatic heterocycles. The van der Waals surface area contributed by atoms with Crippen molar-refractivity contribution < 1.29 is 35.5 Å². The third-order valence-electron chi connectivity index (χ3n) is 5.31. The molecule has 0 saturated heterocycles. The van der Waals surface area contributed by atoms with Crippen molar-refractivity contribution in [1.82, 2.24) is 19.6 Å². The minimum Gasteiger partial charge on any atom is -0.476 e. The number of benzene rings is 1. The van der Waals surface area contributed by atoms with Crippen LogP contribution in [0.25, 0.3) is 5.82 Å². The molecule has 4 rings (SSSR count). The summed E-state index contributed by atoms with van der Waals surface area (Å²) >= 11 is 5.34.